The summed E-state index contributed by atoms with van der Waals surface area (Å²) in [6, 6.07) is 29.8. The monoisotopic (exact) mass is 479 g/mol. The molecule has 0 saturated heterocycles. The zero-order chi connectivity index (χ0) is 24.9. The van der Waals surface area contributed by atoms with Gasteiger partial charge in [-0.15, -0.1) is 0 Å². The average molecular weight is 479 g/mol. The topological polar surface area (TPSA) is 78.2 Å². The van der Waals surface area contributed by atoms with E-state index >= 15 is 0 Å². The van der Waals surface area contributed by atoms with Gasteiger partial charge in [-0.25, -0.2) is 9.69 Å². The molecule has 0 aliphatic carbocycles. The van der Waals surface area contributed by atoms with Crippen LogP contribution in [0.2, 0.25) is 0 Å². The van der Waals surface area contributed by atoms with Gasteiger partial charge in [0.15, 0.2) is 0 Å². The number of carbonyl (C=O) groups excluding carboxylic acids is 1. The van der Waals surface area contributed by atoms with Crippen LogP contribution in [-0.2, 0) is 0 Å². The van der Waals surface area contributed by atoms with Crippen molar-refractivity contribution in [1.29, 1.82) is 0 Å². The molecular formula is C29H21NO6. The molecule has 4 aromatic carbocycles. The molecule has 0 unspecified atom stereocenters. The highest BCUT2D eigenvalue weighted by molar-refractivity contribution is 5.97. The Labute approximate surface area is 206 Å². The Morgan fingerprint density at radius 2 is 1.33 bits per heavy atom. The number of rotatable bonds is 6. The molecular weight excluding hydrogens is 458 g/mol. The molecule has 0 fully saturated rings. The summed E-state index contributed by atoms with van der Waals surface area (Å²) < 4.78 is 22.1. The number of benzene rings is 4. The van der Waals surface area contributed by atoms with E-state index in [2.05, 4.69) is 0 Å². The molecule has 0 bridgehead atoms. The highest BCUT2D eigenvalue weighted by Gasteiger charge is 2.21. The zero-order valence-electron chi connectivity index (χ0n) is 19.3. The number of nitrogens with zero attached hydrogens (tertiary/aromatic N) is 1. The van der Waals surface area contributed by atoms with Gasteiger partial charge in [-0.05, 0) is 60.7 Å². The van der Waals surface area contributed by atoms with Crippen molar-refractivity contribution < 1.29 is 23.4 Å². The van der Waals surface area contributed by atoms with Crippen molar-refractivity contribution in [2.45, 2.75) is 0 Å². The molecule has 0 radical (unpaired) electrons. The van der Waals surface area contributed by atoms with Crippen molar-refractivity contribution in [2.75, 3.05) is 12.0 Å². The van der Waals surface area contributed by atoms with Crippen LogP contribution in [0.1, 0.15) is 0 Å². The lowest BCUT2D eigenvalue weighted by Crippen LogP contribution is -2.29. The van der Waals surface area contributed by atoms with Gasteiger partial charge in [0.25, 0.3) is 0 Å². The van der Waals surface area contributed by atoms with Crippen molar-refractivity contribution in [2.24, 2.45) is 0 Å². The summed E-state index contributed by atoms with van der Waals surface area (Å²) >= 11 is 0. The van der Waals surface area contributed by atoms with Crippen LogP contribution in [0.3, 0.4) is 0 Å². The molecule has 5 aromatic rings. The lowest BCUT2D eigenvalue weighted by molar-refractivity contribution is 0.210. The fraction of sp³-hybridized carbons (Fsp3) is 0.0345. The Kier molecular flexibility index (Phi) is 6.36. The van der Waals surface area contributed by atoms with E-state index in [1.54, 1.807) is 43.5 Å². The molecule has 0 N–H and O–H groups in total. The second-order valence-corrected chi connectivity index (χ2v) is 7.74. The molecule has 1 amide bonds. The van der Waals surface area contributed by atoms with Crippen LogP contribution in [0.15, 0.2) is 119 Å². The summed E-state index contributed by atoms with van der Waals surface area (Å²) in [7, 11) is 1.57. The average Bonchev–Trinajstić information content (AvgIpc) is 2.92. The zero-order valence-corrected chi connectivity index (χ0v) is 19.3. The number of hydrogen-bond donors (Lipinski definition) is 0. The van der Waals surface area contributed by atoms with Crippen molar-refractivity contribution in [3.05, 3.63) is 120 Å². The molecule has 1 heterocycles. The summed E-state index contributed by atoms with van der Waals surface area (Å²) in [6.45, 7) is 0. The molecule has 178 valence electrons. The molecule has 0 aliphatic rings. The standard InChI is InChI=1S/C29H21NO6/c1-33-22-12-14-23(15-13-22)35-27-19-34-26-18-24(16-17-25(26)28(27)31)36-29(32)30(20-8-4-2-5-9-20)21-10-6-3-7-11-21/h2-19H,1H3. The first kappa shape index (κ1) is 22.7. The number of carbonyl (C=O) groups is 1. The smallest absolute Gasteiger partial charge is 0.424 e. The first-order valence-corrected chi connectivity index (χ1v) is 11.1. The molecule has 0 spiro atoms. The Balaban J connectivity index is 1.40. The first-order valence-electron chi connectivity index (χ1n) is 11.1. The van der Waals surface area contributed by atoms with E-state index in [1.807, 2.05) is 60.7 Å². The lowest BCUT2D eigenvalue weighted by Gasteiger charge is -2.22. The third-order valence-corrected chi connectivity index (χ3v) is 5.42. The Bertz CT molecular complexity index is 1510. The highest BCUT2D eigenvalue weighted by atomic mass is 16.6. The summed E-state index contributed by atoms with van der Waals surface area (Å²) in [4.78, 5) is 27.6. The normalized spacial score (nSPS) is 10.6. The number of para-hydroxylation sites is 2. The number of anilines is 2. The summed E-state index contributed by atoms with van der Waals surface area (Å²) in [5.41, 5.74) is 1.22. The molecule has 1 aromatic heterocycles. The quantitative estimate of drug-likeness (QED) is 0.263. The summed E-state index contributed by atoms with van der Waals surface area (Å²) in [6.07, 6.45) is 0.634. The van der Waals surface area contributed by atoms with E-state index in [9.17, 15) is 9.59 Å². The molecule has 36 heavy (non-hydrogen) atoms. The van der Waals surface area contributed by atoms with Gasteiger partial charge in [0.2, 0.25) is 11.2 Å². The minimum absolute atomic E-state index is 0.0386. The number of amides is 1. The Hall–Kier alpha value is -5.04. The van der Waals surface area contributed by atoms with Gasteiger partial charge in [-0.2, -0.15) is 0 Å². The van der Waals surface area contributed by atoms with Gasteiger partial charge < -0.3 is 18.6 Å². The second-order valence-electron chi connectivity index (χ2n) is 7.74. The maximum absolute atomic E-state index is 13.2. The van der Waals surface area contributed by atoms with Gasteiger partial charge in [-0.3, -0.25) is 4.79 Å². The van der Waals surface area contributed by atoms with Gasteiger partial charge in [0.1, 0.15) is 29.1 Å². The van der Waals surface area contributed by atoms with Crippen molar-refractivity contribution in [1.82, 2.24) is 0 Å². The van der Waals surface area contributed by atoms with E-state index in [4.69, 9.17) is 18.6 Å². The first-order chi connectivity index (χ1) is 17.6. The van der Waals surface area contributed by atoms with Crippen LogP contribution in [0.5, 0.6) is 23.0 Å². The number of hydrogen-bond acceptors (Lipinski definition) is 6. The summed E-state index contributed by atoms with van der Waals surface area (Å²) in [5, 5.41) is 0.295. The van der Waals surface area contributed by atoms with Gasteiger partial charge in [-0.1, -0.05) is 36.4 Å². The van der Waals surface area contributed by atoms with E-state index < -0.39 is 6.09 Å². The van der Waals surface area contributed by atoms with E-state index in [-0.39, 0.29) is 22.5 Å². The maximum atomic E-state index is 13.2. The Morgan fingerprint density at radius 3 is 1.94 bits per heavy atom. The van der Waals surface area contributed by atoms with Gasteiger partial charge >= 0.3 is 6.09 Å². The van der Waals surface area contributed by atoms with Crippen LogP contribution >= 0.6 is 0 Å². The molecule has 7 nitrogen and oxygen atoms in total. The van der Waals surface area contributed by atoms with Crippen LogP contribution in [0.25, 0.3) is 11.0 Å². The molecule has 0 aliphatic heterocycles. The highest BCUT2D eigenvalue weighted by Crippen LogP contribution is 2.29. The fourth-order valence-corrected chi connectivity index (χ4v) is 3.66. The predicted molar refractivity (Wildman–Crippen MR) is 137 cm³/mol. The number of fused-ring (bicyclic) bond motifs is 1. The van der Waals surface area contributed by atoms with Gasteiger partial charge in [0.05, 0.1) is 23.9 Å². The number of methoxy groups -OCH3 is 1. The van der Waals surface area contributed by atoms with Crippen LogP contribution in [-0.4, -0.2) is 13.2 Å². The summed E-state index contributed by atoms with van der Waals surface area (Å²) in [5.74, 6) is 1.41. The molecule has 0 saturated carbocycles. The van der Waals surface area contributed by atoms with Crippen LogP contribution in [0, 0.1) is 0 Å². The van der Waals surface area contributed by atoms with E-state index in [0.717, 1.165) is 0 Å². The predicted octanol–water partition coefficient (Wildman–Crippen LogP) is 6.93. The Morgan fingerprint density at radius 1 is 0.750 bits per heavy atom. The van der Waals surface area contributed by atoms with E-state index in [1.165, 1.54) is 17.2 Å². The van der Waals surface area contributed by atoms with Crippen molar-refractivity contribution in [3.8, 4) is 23.0 Å². The van der Waals surface area contributed by atoms with Crippen LogP contribution < -0.4 is 24.5 Å². The van der Waals surface area contributed by atoms with Crippen molar-refractivity contribution >= 4 is 28.4 Å². The number of ether oxygens (including phenoxy) is 3. The van der Waals surface area contributed by atoms with E-state index in [0.29, 0.717) is 28.3 Å². The SMILES string of the molecule is COc1ccc(Oc2coc3cc(OC(=O)N(c4ccccc4)c4ccccc4)ccc3c2=O)cc1. The maximum Gasteiger partial charge on any atom is 0.424 e. The third kappa shape index (κ3) is 4.76. The minimum Gasteiger partial charge on any atom is -0.497 e. The van der Waals surface area contributed by atoms with Crippen molar-refractivity contribution in [3.63, 3.8) is 0 Å². The molecule has 0 atom stereocenters. The second kappa shape index (κ2) is 10.1. The minimum atomic E-state index is -0.603. The van der Waals surface area contributed by atoms with Gasteiger partial charge in [0, 0.05) is 6.07 Å². The fourth-order valence-electron chi connectivity index (χ4n) is 3.66. The van der Waals surface area contributed by atoms with Crippen LogP contribution in [0.4, 0.5) is 16.2 Å². The molecule has 5 rings (SSSR count). The third-order valence-electron chi connectivity index (χ3n) is 5.42. The molecule has 7 heteroatoms. The largest absolute Gasteiger partial charge is 0.497 e. The lowest BCUT2D eigenvalue weighted by atomic mass is 10.2.